The van der Waals surface area contributed by atoms with Gasteiger partial charge in [-0.2, -0.15) is 0 Å². The Morgan fingerprint density at radius 3 is 2.47 bits per heavy atom. The minimum Gasteiger partial charge on any atom is -0.384 e. The zero-order valence-corrected chi connectivity index (χ0v) is 12.2. The molecule has 0 aliphatic carbocycles. The molecule has 19 heavy (non-hydrogen) atoms. The second kappa shape index (κ2) is 6.73. The molecule has 0 bridgehead atoms. The molecule has 1 saturated heterocycles. The summed E-state index contributed by atoms with van der Waals surface area (Å²) in [5, 5.41) is 0. The molecule has 0 spiro atoms. The molecule has 1 fully saturated rings. The number of anilines is 1. The second-order valence-electron chi connectivity index (χ2n) is 4.82. The van der Waals surface area contributed by atoms with Gasteiger partial charge < -0.3 is 10.6 Å². The lowest BCUT2D eigenvalue weighted by molar-refractivity contribution is -0.130. The van der Waals surface area contributed by atoms with Crippen LogP contribution in [0, 0.1) is 6.92 Å². The molecule has 2 N–H and O–H groups in total. The third kappa shape index (κ3) is 4.36. The van der Waals surface area contributed by atoms with Crippen molar-refractivity contribution in [1.29, 1.82) is 0 Å². The Balaban J connectivity index is 0.00000180. The molecule has 106 valence electrons. The number of nitrogens with two attached hydrogens (primary N) is 1. The summed E-state index contributed by atoms with van der Waals surface area (Å²) in [5.41, 5.74) is 7.89. The van der Waals surface area contributed by atoms with Gasteiger partial charge in [0, 0.05) is 45.3 Å². The van der Waals surface area contributed by atoms with Crippen LogP contribution in [0.3, 0.4) is 0 Å². The van der Waals surface area contributed by atoms with Gasteiger partial charge in [-0.25, -0.2) is 4.98 Å². The van der Waals surface area contributed by atoms with Gasteiger partial charge in [0.05, 0.1) is 0 Å². The fraction of sp³-hybridized carbons (Fsp3) is 0.538. The van der Waals surface area contributed by atoms with Gasteiger partial charge in [-0.05, 0) is 24.6 Å². The van der Waals surface area contributed by atoms with Crippen LogP contribution in [0.4, 0.5) is 5.82 Å². The minimum absolute atomic E-state index is 0. The molecule has 5 nitrogen and oxygen atoms in total. The van der Waals surface area contributed by atoms with Crippen molar-refractivity contribution < 1.29 is 4.79 Å². The fourth-order valence-electron chi connectivity index (χ4n) is 2.34. The number of halogens is 1. The number of pyridine rings is 1. The van der Waals surface area contributed by atoms with E-state index in [0.29, 0.717) is 5.82 Å². The first-order valence-electron chi connectivity index (χ1n) is 6.25. The van der Waals surface area contributed by atoms with Crippen molar-refractivity contribution in [3.05, 3.63) is 23.4 Å². The van der Waals surface area contributed by atoms with Crippen molar-refractivity contribution in [2.24, 2.45) is 0 Å². The summed E-state index contributed by atoms with van der Waals surface area (Å²) < 4.78 is 0. The first kappa shape index (κ1) is 15.7. The van der Waals surface area contributed by atoms with Gasteiger partial charge in [0.25, 0.3) is 0 Å². The smallest absolute Gasteiger partial charge is 0.219 e. The minimum atomic E-state index is 0. The molecular weight excluding hydrogens is 264 g/mol. The molecule has 0 unspecified atom stereocenters. The van der Waals surface area contributed by atoms with E-state index in [0.717, 1.165) is 38.4 Å². The highest BCUT2D eigenvalue weighted by Gasteiger charge is 2.18. The van der Waals surface area contributed by atoms with Crippen molar-refractivity contribution in [2.45, 2.75) is 20.4 Å². The molecule has 1 aromatic rings. The summed E-state index contributed by atoms with van der Waals surface area (Å²) in [4.78, 5) is 19.6. The van der Waals surface area contributed by atoms with Crippen molar-refractivity contribution >= 4 is 24.1 Å². The molecule has 0 saturated carbocycles. The predicted octanol–water partition coefficient (Wildman–Crippen LogP) is 1.06. The Bertz CT molecular complexity index is 424. The van der Waals surface area contributed by atoms with E-state index in [1.54, 1.807) is 6.92 Å². The molecule has 0 aromatic carbocycles. The number of aromatic nitrogens is 1. The lowest BCUT2D eigenvalue weighted by Gasteiger charge is -2.34. The van der Waals surface area contributed by atoms with E-state index in [2.05, 4.69) is 16.0 Å². The van der Waals surface area contributed by atoms with E-state index in [1.165, 1.54) is 5.56 Å². The van der Waals surface area contributed by atoms with Gasteiger partial charge >= 0.3 is 0 Å². The van der Waals surface area contributed by atoms with Crippen LogP contribution in [0.1, 0.15) is 18.2 Å². The van der Waals surface area contributed by atoms with E-state index >= 15 is 0 Å². The SMILES string of the molecule is CC(=O)N1CCN(Cc2cc(C)nc(N)c2)CC1.Cl. The van der Waals surface area contributed by atoms with Crippen LogP contribution in [0.25, 0.3) is 0 Å². The standard InChI is InChI=1S/C13H20N4O.ClH/c1-10-7-12(8-13(14)15-10)9-16-3-5-17(6-4-16)11(2)18;/h7-8H,3-6,9H2,1-2H3,(H2,14,15);1H. The van der Waals surface area contributed by atoms with Crippen molar-refractivity contribution in [3.63, 3.8) is 0 Å². The van der Waals surface area contributed by atoms with E-state index in [-0.39, 0.29) is 18.3 Å². The Labute approximate surface area is 120 Å². The Hall–Kier alpha value is -1.33. The molecule has 1 aliphatic rings. The number of carbonyl (C=O) groups excluding carboxylic acids is 1. The van der Waals surface area contributed by atoms with Crippen LogP contribution in [0.5, 0.6) is 0 Å². The largest absolute Gasteiger partial charge is 0.384 e. The summed E-state index contributed by atoms with van der Waals surface area (Å²) in [7, 11) is 0. The molecule has 1 aromatic heterocycles. The zero-order chi connectivity index (χ0) is 13.1. The van der Waals surface area contributed by atoms with Gasteiger partial charge in [0.15, 0.2) is 0 Å². The molecular formula is C13H21ClN4O. The normalized spacial score (nSPS) is 16.0. The third-order valence-electron chi connectivity index (χ3n) is 3.26. The highest BCUT2D eigenvalue weighted by molar-refractivity contribution is 5.85. The molecule has 1 aliphatic heterocycles. The monoisotopic (exact) mass is 284 g/mol. The van der Waals surface area contributed by atoms with E-state index in [1.807, 2.05) is 17.9 Å². The van der Waals surface area contributed by atoms with E-state index in [4.69, 9.17) is 5.73 Å². The summed E-state index contributed by atoms with van der Waals surface area (Å²) >= 11 is 0. The predicted molar refractivity (Wildman–Crippen MR) is 78.2 cm³/mol. The number of nitrogens with zero attached hydrogens (tertiary/aromatic N) is 3. The van der Waals surface area contributed by atoms with Crippen LogP contribution in [0.15, 0.2) is 12.1 Å². The maximum atomic E-state index is 11.2. The van der Waals surface area contributed by atoms with Gasteiger partial charge in [0.2, 0.25) is 5.91 Å². The molecule has 0 atom stereocenters. The molecule has 1 amide bonds. The summed E-state index contributed by atoms with van der Waals surface area (Å²) in [6.45, 7) is 7.92. The van der Waals surface area contributed by atoms with Crippen LogP contribution in [-0.4, -0.2) is 46.9 Å². The van der Waals surface area contributed by atoms with Crippen LogP contribution in [-0.2, 0) is 11.3 Å². The quantitative estimate of drug-likeness (QED) is 0.882. The van der Waals surface area contributed by atoms with Crippen LogP contribution in [0.2, 0.25) is 0 Å². The van der Waals surface area contributed by atoms with Gasteiger partial charge in [-0.15, -0.1) is 12.4 Å². The molecule has 2 heterocycles. The highest BCUT2D eigenvalue weighted by atomic mass is 35.5. The van der Waals surface area contributed by atoms with Crippen molar-refractivity contribution in [1.82, 2.24) is 14.8 Å². The Morgan fingerprint density at radius 2 is 1.95 bits per heavy atom. The fourth-order valence-corrected chi connectivity index (χ4v) is 2.34. The lowest BCUT2D eigenvalue weighted by atomic mass is 10.2. The van der Waals surface area contributed by atoms with E-state index < -0.39 is 0 Å². The van der Waals surface area contributed by atoms with Gasteiger partial charge in [0.1, 0.15) is 5.82 Å². The van der Waals surface area contributed by atoms with E-state index in [9.17, 15) is 4.79 Å². The zero-order valence-electron chi connectivity index (χ0n) is 11.4. The number of hydrogen-bond acceptors (Lipinski definition) is 4. The Morgan fingerprint density at radius 1 is 1.32 bits per heavy atom. The average molecular weight is 285 g/mol. The summed E-state index contributed by atoms with van der Waals surface area (Å²) in [6.07, 6.45) is 0. The average Bonchev–Trinajstić information content (AvgIpc) is 2.28. The maximum Gasteiger partial charge on any atom is 0.219 e. The molecule has 2 rings (SSSR count). The topological polar surface area (TPSA) is 62.5 Å². The number of nitrogen functional groups attached to an aromatic ring is 1. The molecule has 6 heteroatoms. The lowest BCUT2D eigenvalue weighted by Crippen LogP contribution is -2.47. The third-order valence-corrected chi connectivity index (χ3v) is 3.26. The number of aryl methyl sites for hydroxylation is 1. The number of piperazine rings is 1. The van der Waals surface area contributed by atoms with Gasteiger partial charge in [-0.1, -0.05) is 0 Å². The number of rotatable bonds is 2. The van der Waals surface area contributed by atoms with Crippen LogP contribution < -0.4 is 5.73 Å². The summed E-state index contributed by atoms with van der Waals surface area (Å²) in [6, 6.07) is 3.98. The van der Waals surface area contributed by atoms with Crippen molar-refractivity contribution in [3.8, 4) is 0 Å². The second-order valence-corrected chi connectivity index (χ2v) is 4.82. The highest BCUT2D eigenvalue weighted by Crippen LogP contribution is 2.12. The maximum absolute atomic E-state index is 11.2. The van der Waals surface area contributed by atoms with Crippen molar-refractivity contribution in [2.75, 3.05) is 31.9 Å². The number of carbonyl (C=O) groups is 1. The van der Waals surface area contributed by atoms with Gasteiger partial charge in [-0.3, -0.25) is 9.69 Å². The molecule has 0 radical (unpaired) electrons. The number of hydrogen-bond donors (Lipinski definition) is 1. The van der Waals surface area contributed by atoms with Crippen LogP contribution >= 0.6 is 12.4 Å². The Kier molecular flexibility index (Phi) is 5.57. The number of amides is 1. The first-order chi connectivity index (χ1) is 8.54. The first-order valence-corrected chi connectivity index (χ1v) is 6.25. The summed E-state index contributed by atoms with van der Waals surface area (Å²) in [5.74, 6) is 0.742.